The average molecular weight is 642 g/mol. The molecule has 1 aliphatic carbocycles. The molecule has 0 radical (unpaired) electrons. The van der Waals surface area contributed by atoms with Crippen molar-refractivity contribution in [3.05, 3.63) is 64.7 Å². The van der Waals surface area contributed by atoms with Gasteiger partial charge in [-0.2, -0.15) is 18.4 Å². The van der Waals surface area contributed by atoms with Gasteiger partial charge >= 0.3 is 12.3 Å². The third-order valence-corrected chi connectivity index (χ3v) is 10.3. The quantitative estimate of drug-likeness (QED) is 0.424. The van der Waals surface area contributed by atoms with Gasteiger partial charge in [-0.25, -0.2) is 13.2 Å². The van der Waals surface area contributed by atoms with Crippen LogP contribution < -0.4 is 5.32 Å². The van der Waals surface area contributed by atoms with Crippen LogP contribution >= 0.6 is 11.6 Å². The molecule has 4 rings (SSSR count). The van der Waals surface area contributed by atoms with Crippen LogP contribution in [0, 0.1) is 17.2 Å². The van der Waals surface area contributed by atoms with Crippen LogP contribution in [0.4, 0.5) is 18.0 Å². The number of nitrogens with zero attached hydrogens (tertiary/aromatic N) is 2. The lowest BCUT2D eigenvalue weighted by molar-refractivity contribution is -0.140. The molecule has 43 heavy (non-hydrogen) atoms. The molecule has 232 valence electrons. The number of sulfone groups is 1. The number of hydrogen-bond donors (Lipinski definition) is 1. The van der Waals surface area contributed by atoms with Gasteiger partial charge in [0.05, 0.1) is 47.0 Å². The number of halogens is 4. The van der Waals surface area contributed by atoms with Gasteiger partial charge in [-0.15, -0.1) is 0 Å². The van der Waals surface area contributed by atoms with Gasteiger partial charge in [-0.1, -0.05) is 35.9 Å². The molecule has 2 aromatic carbocycles. The average Bonchev–Trinajstić information content (AvgIpc) is 3.42. The Morgan fingerprint density at radius 1 is 1.12 bits per heavy atom. The second-order valence-electron chi connectivity index (χ2n) is 10.6. The molecule has 2 aromatic rings. The van der Waals surface area contributed by atoms with Gasteiger partial charge in [0.25, 0.3) is 0 Å². The molecule has 1 saturated carbocycles. The smallest absolute Gasteiger partial charge is 0.417 e. The highest BCUT2D eigenvalue weighted by atomic mass is 35.5. The maximum Gasteiger partial charge on any atom is 0.417 e. The van der Waals surface area contributed by atoms with Crippen LogP contribution in [-0.4, -0.2) is 61.9 Å². The monoisotopic (exact) mass is 641 g/mol. The minimum Gasteiger partial charge on any atom is -0.450 e. The minimum atomic E-state index is -4.90. The molecular weight excluding hydrogens is 611 g/mol. The summed E-state index contributed by atoms with van der Waals surface area (Å²) in [5.74, 6) is -1.72. The number of likely N-dealkylation sites (tertiary alicyclic amines) is 1. The summed E-state index contributed by atoms with van der Waals surface area (Å²) < 4.78 is 79.3. The molecule has 14 heteroatoms. The van der Waals surface area contributed by atoms with E-state index < -0.39 is 61.3 Å². The molecular formula is C29H31ClF3N3O6S. The lowest BCUT2D eigenvalue weighted by atomic mass is 9.88. The zero-order chi connectivity index (χ0) is 31.4. The number of amides is 2. The Labute approximate surface area is 252 Å². The number of alkyl halides is 3. The Kier molecular flexibility index (Phi) is 9.93. The fourth-order valence-electron chi connectivity index (χ4n) is 5.46. The number of hydrogen-bond acceptors (Lipinski definition) is 7. The van der Waals surface area contributed by atoms with Gasteiger partial charge in [0, 0.05) is 31.0 Å². The number of benzene rings is 2. The molecule has 0 spiro atoms. The van der Waals surface area contributed by atoms with Gasteiger partial charge in [-0.05, 0) is 49.6 Å². The summed E-state index contributed by atoms with van der Waals surface area (Å²) in [6.07, 6.45) is -6.71. The molecule has 1 saturated heterocycles. The van der Waals surface area contributed by atoms with Crippen molar-refractivity contribution in [1.82, 2.24) is 10.2 Å². The Bertz CT molecular complexity index is 1470. The van der Waals surface area contributed by atoms with Crippen LogP contribution in [0.15, 0.2) is 53.4 Å². The topological polar surface area (TPSA) is 126 Å². The van der Waals surface area contributed by atoms with E-state index in [2.05, 4.69) is 11.4 Å². The third-order valence-electron chi connectivity index (χ3n) is 7.83. The number of nitriles is 1. The summed E-state index contributed by atoms with van der Waals surface area (Å²) in [6, 6.07) is 12.7. The lowest BCUT2D eigenvalue weighted by Crippen LogP contribution is -2.57. The van der Waals surface area contributed by atoms with Crippen LogP contribution in [0.5, 0.6) is 0 Å². The highest BCUT2D eigenvalue weighted by Crippen LogP contribution is 2.41. The van der Waals surface area contributed by atoms with Crippen molar-refractivity contribution in [3.8, 4) is 6.07 Å². The van der Waals surface area contributed by atoms with Gasteiger partial charge < -0.3 is 19.7 Å². The van der Waals surface area contributed by atoms with E-state index in [-0.39, 0.29) is 52.0 Å². The third kappa shape index (κ3) is 7.42. The maximum atomic E-state index is 13.7. The number of piperidine rings is 1. The van der Waals surface area contributed by atoms with Crippen molar-refractivity contribution in [2.75, 3.05) is 19.7 Å². The predicted molar refractivity (Wildman–Crippen MR) is 149 cm³/mol. The summed E-state index contributed by atoms with van der Waals surface area (Å²) in [5.41, 5.74) is -1.92. The molecule has 0 bridgehead atoms. The standard InChI is InChI=1S/C29H31ClF3N3O6S/c1-2-41-27(38)36-13-11-28(18-34,12-14-36)35-26(37)22-15-21(16-24(22)42-17-19-7-9-20(30)10-8-19)43(39,40)25-6-4-3-5-23(25)29(31,32)33/h3-10,21-22,24H,2,11-17H2,1H3,(H,35,37)/t21-,22-,24-/m0/s1. The van der Waals surface area contributed by atoms with Crippen LogP contribution in [0.25, 0.3) is 0 Å². The van der Waals surface area contributed by atoms with E-state index in [0.29, 0.717) is 16.7 Å². The molecule has 3 atom stereocenters. The first-order chi connectivity index (χ1) is 20.3. The second kappa shape index (κ2) is 13.1. The van der Waals surface area contributed by atoms with E-state index in [1.807, 2.05) is 0 Å². The van der Waals surface area contributed by atoms with Crippen LogP contribution in [0.3, 0.4) is 0 Å². The van der Waals surface area contributed by atoms with Crippen LogP contribution in [-0.2, 0) is 36.9 Å². The van der Waals surface area contributed by atoms with E-state index >= 15 is 0 Å². The van der Waals surface area contributed by atoms with Crippen molar-refractivity contribution < 1.29 is 40.7 Å². The number of carbonyl (C=O) groups excluding carboxylic acids is 2. The first kappa shape index (κ1) is 32.6. The fourth-order valence-corrected chi connectivity index (χ4v) is 7.61. The Hall–Kier alpha value is -3.34. The zero-order valence-corrected chi connectivity index (χ0v) is 24.8. The molecule has 0 unspecified atom stereocenters. The normalized spacial score (nSPS) is 22.0. The molecule has 1 heterocycles. The van der Waals surface area contributed by atoms with Crippen molar-refractivity contribution >= 4 is 33.4 Å². The SMILES string of the molecule is CCOC(=O)N1CCC(C#N)(NC(=O)[C@H]2C[C@H](S(=O)(=O)c3ccccc3C(F)(F)F)C[C@@H]2OCc2ccc(Cl)cc2)CC1. The highest BCUT2D eigenvalue weighted by molar-refractivity contribution is 7.92. The van der Waals surface area contributed by atoms with Crippen molar-refractivity contribution in [2.45, 2.75) is 67.2 Å². The first-order valence-corrected chi connectivity index (χ1v) is 15.6. The molecule has 9 nitrogen and oxygen atoms in total. The summed E-state index contributed by atoms with van der Waals surface area (Å²) in [4.78, 5) is 26.3. The number of carbonyl (C=O) groups is 2. The summed E-state index contributed by atoms with van der Waals surface area (Å²) in [7, 11) is -4.54. The van der Waals surface area contributed by atoms with Crippen molar-refractivity contribution in [3.63, 3.8) is 0 Å². The summed E-state index contributed by atoms with van der Waals surface area (Å²) in [6.45, 7) is 2.16. The predicted octanol–water partition coefficient (Wildman–Crippen LogP) is 5.13. The Balaban J connectivity index is 1.57. The minimum absolute atomic E-state index is 0.00455. The largest absolute Gasteiger partial charge is 0.450 e. The van der Waals surface area contributed by atoms with Crippen LogP contribution in [0.1, 0.15) is 43.7 Å². The molecule has 0 aromatic heterocycles. The van der Waals surface area contributed by atoms with E-state index in [4.69, 9.17) is 21.1 Å². The molecule has 1 aliphatic heterocycles. The zero-order valence-electron chi connectivity index (χ0n) is 23.3. The Morgan fingerprint density at radius 3 is 2.37 bits per heavy atom. The molecule has 1 N–H and O–H groups in total. The number of nitrogens with one attached hydrogen (secondary N) is 1. The van der Waals surface area contributed by atoms with E-state index in [0.717, 1.165) is 12.1 Å². The second-order valence-corrected chi connectivity index (χ2v) is 13.2. The molecule has 2 amide bonds. The summed E-state index contributed by atoms with van der Waals surface area (Å²) >= 11 is 5.94. The first-order valence-electron chi connectivity index (χ1n) is 13.7. The van der Waals surface area contributed by atoms with Gasteiger partial charge in [0.1, 0.15) is 5.54 Å². The van der Waals surface area contributed by atoms with Crippen molar-refractivity contribution in [1.29, 1.82) is 5.26 Å². The van der Waals surface area contributed by atoms with Crippen LogP contribution in [0.2, 0.25) is 5.02 Å². The maximum absolute atomic E-state index is 13.7. The number of ether oxygens (including phenoxy) is 2. The highest BCUT2D eigenvalue weighted by Gasteiger charge is 2.49. The van der Waals surface area contributed by atoms with Gasteiger partial charge in [0.15, 0.2) is 9.84 Å². The summed E-state index contributed by atoms with van der Waals surface area (Å²) in [5, 5.41) is 11.9. The van der Waals surface area contributed by atoms with E-state index in [1.54, 1.807) is 31.2 Å². The molecule has 2 aliphatic rings. The Morgan fingerprint density at radius 2 is 1.77 bits per heavy atom. The lowest BCUT2D eigenvalue weighted by Gasteiger charge is -2.38. The van der Waals surface area contributed by atoms with E-state index in [9.17, 15) is 36.4 Å². The fraction of sp³-hybridized carbons (Fsp3) is 0.483. The van der Waals surface area contributed by atoms with Gasteiger partial charge in [-0.3, -0.25) is 4.79 Å². The molecule has 2 fully saturated rings. The van der Waals surface area contributed by atoms with Gasteiger partial charge in [0.2, 0.25) is 5.91 Å². The van der Waals surface area contributed by atoms with E-state index in [1.165, 1.54) is 11.0 Å². The number of rotatable bonds is 8. The van der Waals surface area contributed by atoms with Crippen molar-refractivity contribution in [2.24, 2.45) is 5.92 Å².